The number of nitrogens with zero attached hydrogens (tertiary/aromatic N) is 2. The van der Waals surface area contributed by atoms with Crippen LogP contribution >= 0.6 is 0 Å². The molecule has 0 unspecified atom stereocenters. The lowest BCUT2D eigenvalue weighted by molar-refractivity contribution is 0.857. The Morgan fingerprint density at radius 1 is 1.50 bits per heavy atom. The molecule has 0 aliphatic carbocycles. The molecule has 0 saturated heterocycles. The van der Waals surface area contributed by atoms with Crippen LogP contribution in [0, 0.1) is 12.3 Å². The van der Waals surface area contributed by atoms with Gasteiger partial charge in [0.1, 0.15) is 0 Å². The number of hydrogen-bond donors (Lipinski definition) is 2. The Hall–Kier alpha value is -2.02. The molecule has 0 atom stereocenters. The van der Waals surface area contributed by atoms with Gasteiger partial charge < -0.3 is 10.6 Å². The van der Waals surface area contributed by atoms with E-state index in [1.165, 1.54) is 0 Å². The maximum Gasteiger partial charge on any atom is 0.192 e. The number of pyridine rings is 1. The van der Waals surface area contributed by atoms with Gasteiger partial charge in [-0.25, -0.2) is 4.99 Å². The van der Waals surface area contributed by atoms with E-state index in [9.17, 15) is 0 Å². The molecule has 0 amide bonds. The molecular formula is C12H16N4. The SMILES string of the molecule is C#CCNC(=NCc1ccccn1)NCC. The molecule has 4 heteroatoms. The van der Waals surface area contributed by atoms with Crippen LogP contribution < -0.4 is 10.6 Å². The second-order valence-electron chi connectivity index (χ2n) is 3.07. The highest BCUT2D eigenvalue weighted by Gasteiger charge is 1.95. The van der Waals surface area contributed by atoms with Crippen molar-refractivity contribution in [2.24, 2.45) is 4.99 Å². The number of hydrogen-bond acceptors (Lipinski definition) is 2. The molecular weight excluding hydrogens is 200 g/mol. The lowest BCUT2D eigenvalue weighted by Crippen LogP contribution is -2.37. The highest BCUT2D eigenvalue weighted by Crippen LogP contribution is 1.94. The number of guanidine groups is 1. The second-order valence-corrected chi connectivity index (χ2v) is 3.07. The lowest BCUT2D eigenvalue weighted by atomic mass is 10.3. The summed E-state index contributed by atoms with van der Waals surface area (Å²) in [5.41, 5.74) is 0.931. The summed E-state index contributed by atoms with van der Waals surface area (Å²) >= 11 is 0. The summed E-state index contributed by atoms with van der Waals surface area (Å²) in [4.78, 5) is 8.55. The van der Waals surface area contributed by atoms with Crippen molar-refractivity contribution in [1.29, 1.82) is 0 Å². The van der Waals surface area contributed by atoms with E-state index in [1.807, 2.05) is 25.1 Å². The standard InChI is InChI=1S/C12H16N4/c1-3-8-15-12(13-4-2)16-10-11-7-5-6-9-14-11/h1,5-7,9H,4,8,10H2,2H3,(H2,13,15,16). The summed E-state index contributed by atoms with van der Waals surface area (Å²) in [7, 11) is 0. The molecule has 0 bridgehead atoms. The predicted molar refractivity (Wildman–Crippen MR) is 65.9 cm³/mol. The fourth-order valence-electron chi connectivity index (χ4n) is 1.13. The summed E-state index contributed by atoms with van der Waals surface area (Å²) in [6, 6.07) is 5.77. The maximum absolute atomic E-state index is 5.17. The van der Waals surface area contributed by atoms with Crippen molar-refractivity contribution in [1.82, 2.24) is 15.6 Å². The van der Waals surface area contributed by atoms with Gasteiger partial charge in [0, 0.05) is 12.7 Å². The van der Waals surface area contributed by atoms with Crippen molar-refractivity contribution in [3.8, 4) is 12.3 Å². The third-order valence-electron chi connectivity index (χ3n) is 1.83. The van der Waals surface area contributed by atoms with Crippen molar-refractivity contribution in [2.45, 2.75) is 13.5 Å². The monoisotopic (exact) mass is 216 g/mol. The molecule has 0 fully saturated rings. The molecule has 2 N–H and O–H groups in total. The minimum Gasteiger partial charge on any atom is -0.357 e. The molecule has 1 aromatic heterocycles. The normalized spacial score (nSPS) is 10.6. The average Bonchev–Trinajstić information content (AvgIpc) is 2.34. The van der Waals surface area contributed by atoms with Crippen LogP contribution in [0.5, 0.6) is 0 Å². The number of rotatable bonds is 4. The molecule has 84 valence electrons. The van der Waals surface area contributed by atoms with Gasteiger partial charge in [0.2, 0.25) is 0 Å². The molecule has 0 saturated carbocycles. The van der Waals surface area contributed by atoms with Crippen molar-refractivity contribution < 1.29 is 0 Å². The Morgan fingerprint density at radius 2 is 2.38 bits per heavy atom. The molecule has 16 heavy (non-hydrogen) atoms. The molecule has 0 radical (unpaired) electrons. The van der Waals surface area contributed by atoms with Gasteiger partial charge in [0.25, 0.3) is 0 Å². The third-order valence-corrected chi connectivity index (χ3v) is 1.83. The van der Waals surface area contributed by atoms with Crippen molar-refractivity contribution in [3.63, 3.8) is 0 Å². The largest absolute Gasteiger partial charge is 0.357 e. The molecule has 0 aliphatic rings. The van der Waals surface area contributed by atoms with Crippen LogP contribution in [-0.4, -0.2) is 24.0 Å². The first-order chi connectivity index (χ1) is 7.86. The van der Waals surface area contributed by atoms with Crippen molar-refractivity contribution >= 4 is 5.96 Å². The average molecular weight is 216 g/mol. The Morgan fingerprint density at radius 3 is 3.00 bits per heavy atom. The quantitative estimate of drug-likeness (QED) is 0.444. The van der Waals surface area contributed by atoms with Gasteiger partial charge in [-0.05, 0) is 19.1 Å². The van der Waals surface area contributed by atoms with E-state index in [0.717, 1.165) is 12.2 Å². The predicted octanol–water partition coefficient (Wildman–Crippen LogP) is 0.770. The van der Waals surface area contributed by atoms with Crippen LogP contribution in [0.2, 0.25) is 0 Å². The van der Waals surface area contributed by atoms with Crippen LogP contribution in [0.4, 0.5) is 0 Å². The highest BCUT2D eigenvalue weighted by atomic mass is 15.2. The Balaban J connectivity index is 2.54. The topological polar surface area (TPSA) is 49.3 Å². The molecule has 0 aliphatic heterocycles. The zero-order chi connectivity index (χ0) is 11.6. The first kappa shape index (κ1) is 12.1. The van der Waals surface area contributed by atoms with Gasteiger partial charge in [0.05, 0.1) is 18.8 Å². The Labute approximate surface area is 96.2 Å². The van der Waals surface area contributed by atoms with E-state index in [2.05, 4.69) is 26.5 Å². The van der Waals surface area contributed by atoms with E-state index >= 15 is 0 Å². The minimum atomic E-state index is 0.466. The first-order valence-electron chi connectivity index (χ1n) is 5.22. The Bertz CT molecular complexity index is 364. The first-order valence-corrected chi connectivity index (χ1v) is 5.22. The van der Waals surface area contributed by atoms with Crippen LogP contribution in [-0.2, 0) is 6.54 Å². The van der Waals surface area contributed by atoms with Crippen LogP contribution in [0.1, 0.15) is 12.6 Å². The molecule has 1 heterocycles. The number of aliphatic imine (C=N–C) groups is 1. The molecule has 1 rings (SSSR count). The van der Waals surface area contributed by atoms with Crippen molar-refractivity contribution in [3.05, 3.63) is 30.1 Å². The zero-order valence-corrected chi connectivity index (χ0v) is 9.40. The lowest BCUT2D eigenvalue weighted by Gasteiger charge is -2.08. The van der Waals surface area contributed by atoms with E-state index in [-0.39, 0.29) is 0 Å². The van der Waals surface area contributed by atoms with E-state index in [0.29, 0.717) is 19.0 Å². The van der Waals surface area contributed by atoms with Gasteiger partial charge in [-0.1, -0.05) is 12.0 Å². The van der Waals surface area contributed by atoms with Crippen LogP contribution in [0.3, 0.4) is 0 Å². The van der Waals surface area contributed by atoms with Crippen LogP contribution in [0.15, 0.2) is 29.4 Å². The van der Waals surface area contributed by atoms with Gasteiger partial charge in [0.15, 0.2) is 5.96 Å². The van der Waals surface area contributed by atoms with E-state index in [1.54, 1.807) is 6.20 Å². The molecule has 0 spiro atoms. The number of terminal acetylenes is 1. The number of aromatic nitrogens is 1. The van der Waals surface area contributed by atoms with Gasteiger partial charge >= 0.3 is 0 Å². The van der Waals surface area contributed by atoms with Gasteiger partial charge in [-0.2, -0.15) is 0 Å². The maximum atomic E-state index is 5.17. The summed E-state index contributed by atoms with van der Waals surface area (Å²) < 4.78 is 0. The minimum absolute atomic E-state index is 0.466. The molecule has 0 aromatic carbocycles. The summed E-state index contributed by atoms with van der Waals surface area (Å²) in [6.07, 6.45) is 6.93. The van der Waals surface area contributed by atoms with Gasteiger partial charge in [-0.15, -0.1) is 6.42 Å². The van der Waals surface area contributed by atoms with Crippen LogP contribution in [0.25, 0.3) is 0 Å². The molecule has 1 aromatic rings. The fraction of sp³-hybridized carbons (Fsp3) is 0.333. The summed E-state index contributed by atoms with van der Waals surface area (Å²) in [5, 5.41) is 6.12. The fourth-order valence-corrected chi connectivity index (χ4v) is 1.13. The summed E-state index contributed by atoms with van der Waals surface area (Å²) in [5.74, 6) is 3.22. The number of nitrogens with one attached hydrogen (secondary N) is 2. The third kappa shape index (κ3) is 4.47. The van der Waals surface area contributed by atoms with Gasteiger partial charge in [-0.3, -0.25) is 4.98 Å². The molecule has 4 nitrogen and oxygen atoms in total. The van der Waals surface area contributed by atoms with Crippen molar-refractivity contribution in [2.75, 3.05) is 13.1 Å². The summed E-state index contributed by atoms with van der Waals surface area (Å²) in [6.45, 7) is 3.82. The smallest absolute Gasteiger partial charge is 0.192 e. The zero-order valence-electron chi connectivity index (χ0n) is 9.40. The highest BCUT2D eigenvalue weighted by molar-refractivity contribution is 5.79. The van der Waals surface area contributed by atoms with E-state index in [4.69, 9.17) is 6.42 Å². The second kappa shape index (κ2) is 7.30. The Kier molecular flexibility index (Phi) is 5.49. The van der Waals surface area contributed by atoms with E-state index < -0.39 is 0 Å².